The smallest absolute Gasteiger partial charge is 0.299 e. The highest BCUT2D eigenvalue weighted by molar-refractivity contribution is 7.90. The monoisotopic (exact) mass is 604 g/mol. The van der Waals surface area contributed by atoms with Crippen LogP contribution in [0.3, 0.4) is 0 Å². The third kappa shape index (κ3) is 5.55. The first-order chi connectivity index (χ1) is 18.7. The van der Waals surface area contributed by atoms with Crippen LogP contribution in [0.5, 0.6) is 0 Å². The van der Waals surface area contributed by atoms with Crippen molar-refractivity contribution in [3.8, 4) is 0 Å². The molecule has 216 valence electrons. The van der Waals surface area contributed by atoms with Gasteiger partial charge in [0.05, 0.1) is 38.7 Å². The molecular weight excluding hydrogens is 579 g/mol. The molecule has 0 atom stereocenters. The standard InChI is InChI=1S/C26H26ClF5N4O3S/c1-14-19-11-20(25(37)34-40(38,39)18-3-2-4-18)22(28)12-23(19)36(33-14)17-5-7-35(8-6-17)13-15-9-16(26(30,31)32)10-21(27)24(15)29/h9-12,17-18H,2-8,13H2,1H3,(H,34,37). The summed E-state index contributed by atoms with van der Waals surface area (Å²) in [6.45, 7) is 2.47. The number of nitrogens with zero attached hydrogens (tertiary/aromatic N) is 3. The molecule has 7 nitrogen and oxygen atoms in total. The Bertz CT molecular complexity index is 1580. The number of rotatable bonds is 6. The van der Waals surface area contributed by atoms with Crippen molar-refractivity contribution in [3.63, 3.8) is 0 Å². The zero-order chi connectivity index (χ0) is 29.0. The molecule has 14 heteroatoms. The second kappa shape index (κ2) is 10.6. The summed E-state index contributed by atoms with van der Waals surface area (Å²) in [7, 11) is -3.88. The summed E-state index contributed by atoms with van der Waals surface area (Å²) in [4.78, 5) is 14.5. The van der Waals surface area contributed by atoms with Crippen LogP contribution >= 0.6 is 11.6 Å². The molecular formula is C26H26ClF5N4O3S. The lowest BCUT2D eigenvalue weighted by molar-refractivity contribution is -0.137. The number of piperidine rings is 1. The summed E-state index contributed by atoms with van der Waals surface area (Å²) in [5.41, 5.74) is -0.602. The Morgan fingerprint density at radius 1 is 1.10 bits per heavy atom. The molecule has 0 unspecified atom stereocenters. The van der Waals surface area contributed by atoms with Crippen molar-refractivity contribution in [2.24, 2.45) is 0 Å². The van der Waals surface area contributed by atoms with Crippen molar-refractivity contribution in [1.29, 1.82) is 0 Å². The second-order valence-electron chi connectivity index (χ2n) is 10.3. The lowest BCUT2D eigenvalue weighted by atomic mass is 10.0. The molecule has 2 fully saturated rings. The predicted molar refractivity (Wildman–Crippen MR) is 138 cm³/mol. The van der Waals surface area contributed by atoms with E-state index in [1.165, 1.54) is 6.07 Å². The summed E-state index contributed by atoms with van der Waals surface area (Å²) >= 11 is 5.71. The van der Waals surface area contributed by atoms with Crippen LogP contribution < -0.4 is 4.72 Å². The summed E-state index contributed by atoms with van der Waals surface area (Å²) in [5, 5.41) is 3.79. The summed E-state index contributed by atoms with van der Waals surface area (Å²) in [5.74, 6) is -2.81. The number of amides is 1. The molecule has 3 aromatic rings. The molecule has 0 bridgehead atoms. The number of halogens is 6. The van der Waals surface area contributed by atoms with Gasteiger partial charge >= 0.3 is 6.18 Å². The number of sulfonamides is 1. The number of alkyl halides is 3. The fourth-order valence-electron chi connectivity index (χ4n) is 5.20. The first-order valence-electron chi connectivity index (χ1n) is 12.8. The van der Waals surface area contributed by atoms with Crippen molar-refractivity contribution >= 4 is 38.4 Å². The maximum Gasteiger partial charge on any atom is 0.416 e. The van der Waals surface area contributed by atoms with Crippen LogP contribution in [-0.2, 0) is 22.7 Å². The maximum absolute atomic E-state index is 15.1. The largest absolute Gasteiger partial charge is 0.416 e. The minimum absolute atomic E-state index is 0.0576. The SMILES string of the molecule is Cc1nn(C2CCN(Cc3cc(C(F)(F)F)cc(Cl)c3F)CC2)c2cc(F)c(C(=O)NS(=O)(=O)C3CCC3)cc12. The van der Waals surface area contributed by atoms with E-state index in [1.54, 1.807) is 11.6 Å². The van der Waals surface area contributed by atoms with E-state index in [0.717, 1.165) is 18.6 Å². The summed E-state index contributed by atoms with van der Waals surface area (Å²) in [6, 6.07) is 3.61. The van der Waals surface area contributed by atoms with Crippen molar-refractivity contribution in [2.45, 2.75) is 63.0 Å². The molecule has 0 radical (unpaired) electrons. The number of hydrogen-bond acceptors (Lipinski definition) is 5. The number of aromatic nitrogens is 2. The Morgan fingerprint density at radius 2 is 1.77 bits per heavy atom. The number of likely N-dealkylation sites (tertiary alicyclic amines) is 1. The highest BCUT2D eigenvalue weighted by Crippen LogP contribution is 2.35. The summed E-state index contributed by atoms with van der Waals surface area (Å²) in [6.07, 6.45) is -1.97. The minimum Gasteiger partial charge on any atom is -0.299 e. The lowest BCUT2D eigenvalue weighted by Crippen LogP contribution is -2.41. The van der Waals surface area contributed by atoms with E-state index in [1.807, 2.05) is 9.62 Å². The van der Waals surface area contributed by atoms with Gasteiger partial charge in [0.25, 0.3) is 5.91 Å². The van der Waals surface area contributed by atoms with Crippen LogP contribution in [0.4, 0.5) is 22.0 Å². The van der Waals surface area contributed by atoms with E-state index >= 15 is 4.39 Å². The molecule has 40 heavy (non-hydrogen) atoms. The fourth-order valence-corrected chi connectivity index (χ4v) is 6.93. The summed E-state index contributed by atoms with van der Waals surface area (Å²) < 4.78 is 97.3. The molecule has 1 saturated heterocycles. The molecule has 1 aliphatic carbocycles. The van der Waals surface area contributed by atoms with Crippen molar-refractivity contribution in [1.82, 2.24) is 19.4 Å². The van der Waals surface area contributed by atoms with Crippen LogP contribution in [0.25, 0.3) is 10.9 Å². The van der Waals surface area contributed by atoms with Crippen LogP contribution in [0, 0.1) is 18.6 Å². The normalized spacial score (nSPS) is 17.8. The van der Waals surface area contributed by atoms with Crippen LogP contribution in [-0.4, -0.2) is 47.3 Å². The number of hydrogen-bond donors (Lipinski definition) is 1. The molecule has 1 saturated carbocycles. The number of aryl methyl sites for hydroxylation is 1. The molecule has 1 aromatic heterocycles. The number of fused-ring (bicyclic) bond motifs is 1. The average molecular weight is 605 g/mol. The van der Waals surface area contributed by atoms with Gasteiger partial charge in [0.15, 0.2) is 0 Å². The Balaban J connectivity index is 1.31. The molecule has 1 amide bonds. The van der Waals surface area contributed by atoms with E-state index in [0.29, 0.717) is 61.4 Å². The zero-order valence-corrected chi connectivity index (χ0v) is 22.9. The molecule has 5 rings (SSSR count). The number of nitrogens with one attached hydrogen (secondary N) is 1. The van der Waals surface area contributed by atoms with Gasteiger partial charge < -0.3 is 0 Å². The fraction of sp³-hybridized carbons (Fsp3) is 0.462. The van der Waals surface area contributed by atoms with Gasteiger partial charge in [0.2, 0.25) is 10.0 Å². The minimum atomic E-state index is -4.65. The zero-order valence-electron chi connectivity index (χ0n) is 21.4. The molecule has 2 heterocycles. The van der Waals surface area contributed by atoms with E-state index in [4.69, 9.17) is 11.6 Å². The number of carbonyl (C=O) groups is 1. The van der Waals surface area contributed by atoms with Gasteiger partial charge in [-0.05, 0) is 50.8 Å². The van der Waals surface area contributed by atoms with Crippen LogP contribution in [0.1, 0.15) is 65.3 Å². The van der Waals surface area contributed by atoms with Gasteiger partial charge in [-0.1, -0.05) is 18.0 Å². The Hall–Kier alpha value is -2.77. The van der Waals surface area contributed by atoms with Gasteiger partial charge in [-0.25, -0.2) is 21.9 Å². The topological polar surface area (TPSA) is 84.3 Å². The van der Waals surface area contributed by atoms with E-state index in [9.17, 15) is 30.8 Å². The van der Waals surface area contributed by atoms with Crippen molar-refractivity contribution < 1.29 is 35.2 Å². The Kier molecular flexibility index (Phi) is 7.60. The number of benzene rings is 2. The molecule has 2 aliphatic rings. The average Bonchev–Trinajstić information content (AvgIpc) is 3.14. The Labute approximate surface area is 232 Å². The predicted octanol–water partition coefficient (Wildman–Crippen LogP) is 5.74. The van der Waals surface area contributed by atoms with E-state index < -0.39 is 55.1 Å². The highest BCUT2D eigenvalue weighted by Gasteiger charge is 2.34. The molecule has 1 aliphatic heterocycles. The molecule has 2 aromatic carbocycles. The quantitative estimate of drug-likeness (QED) is 0.363. The molecule has 1 N–H and O–H groups in total. The van der Waals surface area contributed by atoms with E-state index in [2.05, 4.69) is 5.10 Å². The first kappa shape index (κ1) is 28.7. The molecule has 0 spiro atoms. The third-order valence-electron chi connectivity index (χ3n) is 7.68. The third-order valence-corrected chi connectivity index (χ3v) is 9.77. The van der Waals surface area contributed by atoms with Crippen molar-refractivity contribution in [2.75, 3.05) is 13.1 Å². The Morgan fingerprint density at radius 3 is 2.38 bits per heavy atom. The van der Waals surface area contributed by atoms with Crippen LogP contribution in [0.2, 0.25) is 5.02 Å². The van der Waals surface area contributed by atoms with Gasteiger partial charge in [-0.2, -0.15) is 18.3 Å². The van der Waals surface area contributed by atoms with Gasteiger partial charge in [-0.3, -0.25) is 14.4 Å². The van der Waals surface area contributed by atoms with Crippen LogP contribution in [0.15, 0.2) is 24.3 Å². The van der Waals surface area contributed by atoms with E-state index in [-0.39, 0.29) is 18.2 Å². The second-order valence-corrected chi connectivity index (χ2v) is 12.7. The first-order valence-corrected chi connectivity index (χ1v) is 14.7. The van der Waals surface area contributed by atoms with Gasteiger partial charge in [0.1, 0.15) is 11.6 Å². The van der Waals surface area contributed by atoms with Gasteiger partial charge in [-0.15, -0.1) is 0 Å². The highest BCUT2D eigenvalue weighted by atomic mass is 35.5. The van der Waals surface area contributed by atoms with Gasteiger partial charge in [0, 0.05) is 36.7 Å². The van der Waals surface area contributed by atoms with Crippen molar-refractivity contribution in [3.05, 3.63) is 63.3 Å². The maximum atomic E-state index is 15.1. The number of carbonyl (C=O) groups excluding carboxylic acids is 1. The lowest BCUT2D eigenvalue weighted by Gasteiger charge is -2.32.